The van der Waals surface area contributed by atoms with E-state index < -0.39 is 5.12 Å². The zero-order valence-electron chi connectivity index (χ0n) is 6.42. The lowest BCUT2D eigenvalue weighted by molar-refractivity contribution is -0.207. The van der Waals surface area contributed by atoms with Crippen molar-refractivity contribution >= 4 is 11.8 Å². The van der Waals surface area contributed by atoms with Gasteiger partial charge in [-0.25, -0.2) is 0 Å². The van der Waals surface area contributed by atoms with Gasteiger partial charge in [0.1, 0.15) is 6.10 Å². The van der Waals surface area contributed by atoms with E-state index in [1.807, 2.05) is 0 Å². The van der Waals surface area contributed by atoms with Crippen molar-refractivity contribution in [2.24, 2.45) is 0 Å². The first-order valence-electron chi connectivity index (χ1n) is 3.06. The van der Waals surface area contributed by atoms with Gasteiger partial charge in [-0.3, -0.25) is 0 Å². The fraction of sp³-hybridized carbons (Fsp3) is 1.00. The van der Waals surface area contributed by atoms with Gasteiger partial charge >= 0.3 is 0 Å². The van der Waals surface area contributed by atoms with E-state index in [1.54, 1.807) is 33.1 Å². The minimum Gasteiger partial charge on any atom is -0.374 e. The molecule has 1 unspecified atom stereocenters. The summed E-state index contributed by atoms with van der Waals surface area (Å²) in [4.78, 5) is 0. The van der Waals surface area contributed by atoms with Gasteiger partial charge in [0.15, 0.2) is 0 Å². The highest BCUT2D eigenvalue weighted by atomic mass is 32.2. The Morgan fingerprint density at radius 1 is 1.30 bits per heavy atom. The van der Waals surface area contributed by atoms with Gasteiger partial charge in [0.25, 0.3) is 0 Å². The van der Waals surface area contributed by atoms with Crippen molar-refractivity contribution in [1.29, 1.82) is 0 Å². The van der Waals surface area contributed by atoms with Crippen molar-refractivity contribution in [3.8, 4) is 0 Å². The summed E-state index contributed by atoms with van der Waals surface area (Å²) in [7, 11) is 4.92. The molecule has 0 spiro atoms. The molecule has 0 radical (unpaired) electrons. The number of rotatable bonds is 3. The average molecular weight is 164 g/mol. The van der Waals surface area contributed by atoms with E-state index in [1.165, 1.54) is 0 Å². The second kappa shape index (κ2) is 3.09. The predicted molar refractivity (Wildman–Crippen MR) is 40.0 cm³/mol. The van der Waals surface area contributed by atoms with Crippen LogP contribution in [0.1, 0.15) is 0 Å². The first kappa shape index (κ1) is 8.33. The van der Waals surface area contributed by atoms with Gasteiger partial charge in [0.05, 0.1) is 0 Å². The third kappa shape index (κ3) is 1.05. The van der Waals surface area contributed by atoms with Crippen molar-refractivity contribution in [2.75, 3.05) is 27.1 Å². The fourth-order valence-corrected chi connectivity index (χ4v) is 2.01. The Hall–Kier alpha value is 0.230. The lowest BCUT2D eigenvalue weighted by Crippen LogP contribution is -2.54. The molecule has 0 aromatic heterocycles. The third-order valence-electron chi connectivity index (χ3n) is 1.68. The van der Waals surface area contributed by atoms with E-state index in [-0.39, 0.29) is 6.10 Å². The molecule has 0 aromatic rings. The molecule has 1 aliphatic rings. The number of methoxy groups -OCH3 is 3. The second-order valence-corrected chi connectivity index (χ2v) is 3.24. The maximum atomic E-state index is 5.14. The lowest BCUT2D eigenvalue weighted by atomic mass is 10.3. The number of hydrogen-bond donors (Lipinski definition) is 0. The molecule has 1 fully saturated rings. The molecule has 10 heavy (non-hydrogen) atoms. The quantitative estimate of drug-likeness (QED) is 0.574. The molecule has 0 aromatic carbocycles. The predicted octanol–water partition coefficient (Wildman–Crippen LogP) is 0.695. The average Bonchev–Trinajstić information content (AvgIpc) is 1.90. The second-order valence-electron chi connectivity index (χ2n) is 2.05. The van der Waals surface area contributed by atoms with Crippen molar-refractivity contribution in [3.63, 3.8) is 0 Å². The highest BCUT2D eigenvalue weighted by Crippen LogP contribution is 2.43. The van der Waals surface area contributed by atoms with Crippen LogP contribution in [0.15, 0.2) is 0 Å². The van der Waals surface area contributed by atoms with Gasteiger partial charge in [-0.1, -0.05) is 11.8 Å². The molecule has 0 saturated carbocycles. The van der Waals surface area contributed by atoms with E-state index in [4.69, 9.17) is 14.2 Å². The van der Waals surface area contributed by atoms with E-state index in [0.29, 0.717) is 0 Å². The Kier molecular flexibility index (Phi) is 2.57. The minimum absolute atomic E-state index is 0.0764. The highest BCUT2D eigenvalue weighted by molar-refractivity contribution is 8.01. The summed E-state index contributed by atoms with van der Waals surface area (Å²) in [5.74, 6) is 0.943. The Morgan fingerprint density at radius 2 is 1.90 bits per heavy atom. The zero-order valence-corrected chi connectivity index (χ0v) is 7.23. The van der Waals surface area contributed by atoms with Crippen molar-refractivity contribution in [3.05, 3.63) is 0 Å². The monoisotopic (exact) mass is 164 g/mol. The van der Waals surface area contributed by atoms with Crippen LogP contribution >= 0.6 is 11.8 Å². The fourth-order valence-electron chi connectivity index (χ4n) is 0.964. The molecule has 1 saturated heterocycles. The molecule has 1 rings (SSSR count). The smallest absolute Gasteiger partial charge is 0.245 e. The van der Waals surface area contributed by atoms with Gasteiger partial charge < -0.3 is 14.2 Å². The molecule has 0 aliphatic carbocycles. The summed E-state index contributed by atoms with van der Waals surface area (Å²) in [5.41, 5.74) is 0. The summed E-state index contributed by atoms with van der Waals surface area (Å²) < 4.78 is 15.4. The van der Waals surface area contributed by atoms with Crippen molar-refractivity contribution in [2.45, 2.75) is 11.2 Å². The van der Waals surface area contributed by atoms with Gasteiger partial charge in [-0.15, -0.1) is 0 Å². The lowest BCUT2D eigenvalue weighted by Gasteiger charge is -2.44. The maximum Gasteiger partial charge on any atom is 0.245 e. The Labute approximate surface area is 65.0 Å². The molecule has 0 amide bonds. The summed E-state index contributed by atoms with van der Waals surface area (Å²) >= 11 is 1.62. The summed E-state index contributed by atoms with van der Waals surface area (Å²) in [6.45, 7) is 0. The van der Waals surface area contributed by atoms with Crippen LogP contribution in [-0.2, 0) is 14.2 Å². The number of ether oxygens (including phenoxy) is 3. The topological polar surface area (TPSA) is 27.7 Å². The van der Waals surface area contributed by atoms with Crippen molar-refractivity contribution < 1.29 is 14.2 Å². The summed E-state index contributed by atoms with van der Waals surface area (Å²) in [6.07, 6.45) is 0.0764. The Bertz CT molecular complexity index is 106. The molecule has 60 valence electrons. The molecular formula is C6H12O3S. The number of thioether (sulfide) groups is 1. The number of hydrogen-bond acceptors (Lipinski definition) is 4. The van der Waals surface area contributed by atoms with Crippen LogP contribution in [0.25, 0.3) is 0 Å². The molecule has 1 heterocycles. The highest BCUT2D eigenvalue weighted by Gasteiger charge is 2.49. The van der Waals surface area contributed by atoms with Gasteiger partial charge in [-0.2, -0.15) is 0 Å². The molecular weight excluding hydrogens is 152 g/mol. The van der Waals surface area contributed by atoms with Crippen LogP contribution in [0.2, 0.25) is 0 Å². The molecule has 1 aliphatic heterocycles. The SMILES string of the molecule is COC1CSC1(OC)OC. The molecule has 4 heteroatoms. The summed E-state index contributed by atoms with van der Waals surface area (Å²) in [6, 6.07) is 0. The Morgan fingerprint density at radius 3 is 2.00 bits per heavy atom. The minimum atomic E-state index is -0.533. The maximum absolute atomic E-state index is 5.14. The molecule has 0 N–H and O–H groups in total. The van der Waals surface area contributed by atoms with Gasteiger partial charge in [-0.05, 0) is 0 Å². The van der Waals surface area contributed by atoms with Crippen LogP contribution in [-0.4, -0.2) is 38.3 Å². The Balaban J connectivity index is 2.48. The zero-order chi connectivity index (χ0) is 7.61. The summed E-state index contributed by atoms with van der Waals surface area (Å²) in [5, 5.41) is -0.533. The first-order chi connectivity index (χ1) is 4.79. The normalized spacial score (nSPS) is 29.7. The van der Waals surface area contributed by atoms with E-state index in [2.05, 4.69) is 0 Å². The van der Waals surface area contributed by atoms with E-state index >= 15 is 0 Å². The molecule has 0 bridgehead atoms. The standard InChI is InChI=1S/C6H12O3S/c1-7-5-4-10-6(5,8-2)9-3/h5H,4H2,1-3H3. The third-order valence-corrected chi connectivity index (χ3v) is 3.15. The van der Waals surface area contributed by atoms with Crippen molar-refractivity contribution in [1.82, 2.24) is 0 Å². The largest absolute Gasteiger partial charge is 0.374 e. The van der Waals surface area contributed by atoms with Crippen LogP contribution in [0.4, 0.5) is 0 Å². The van der Waals surface area contributed by atoms with Gasteiger partial charge in [0.2, 0.25) is 5.12 Å². The van der Waals surface area contributed by atoms with Crippen LogP contribution in [0, 0.1) is 0 Å². The molecule has 3 nitrogen and oxygen atoms in total. The van der Waals surface area contributed by atoms with Gasteiger partial charge in [0, 0.05) is 27.1 Å². The van der Waals surface area contributed by atoms with Crippen LogP contribution < -0.4 is 0 Å². The van der Waals surface area contributed by atoms with E-state index in [9.17, 15) is 0 Å². The molecule has 1 atom stereocenters. The van der Waals surface area contributed by atoms with Crippen LogP contribution in [0.3, 0.4) is 0 Å². The van der Waals surface area contributed by atoms with Crippen LogP contribution in [0.5, 0.6) is 0 Å². The van der Waals surface area contributed by atoms with E-state index in [0.717, 1.165) is 5.75 Å². The first-order valence-corrected chi connectivity index (χ1v) is 4.04.